The summed E-state index contributed by atoms with van der Waals surface area (Å²) >= 11 is 5.32. The highest BCUT2D eigenvalue weighted by Crippen LogP contribution is 2.27. The van der Waals surface area contributed by atoms with Crippen LogP contribution in [0.1, 0.15) is 313 Å². The van der Waals surface area contributed by atoms with Gasteiger partial charge in [0.05, 0.1) is 54.1 Å². The van der Waals surface area contributed by atoms with E-state index in [0.717, 1.165) is 51.4 Å². The van der Waals surface area contributed by atoms with Crippen molar-refractivity contribution in [1.82, 2.24) is 0 Å². The zero-order valence-corrected chi connectivity index (χ0v) is 54.8. The molecule has 4 unspecified atom stereocenters. The lowest BCUT2D eigenvalue weighted by Gasteiger charge is -2.14. The van der Waals surface area contributed by atoms with Gasteiger partial charge >= 0.3 is 23.9 Å². The van der Waals surface area contributed by atoms with E-state index in [1.54, 1.807) is 0 Å². The SMILES string of the molecule is C=CCC(CCCCCCCCC)SOC(=O)C(C)C.C=CCC(CCCCCCCCC)SOC(=O)CC.C=CCC(CCCCCCCCC)SOC(=O)CC.C=CCC(CCCCCCCCC)SOC(=O)CC. The molecule has 0 saturated carbocycles. The molecule has 0 radical (unpaired) electrons. The molecule has 0 spiro atoms. The van der Waals surface area contributed by atoms with Gasteiger partial charge in [-0.1, -0.05) is 266 Å². The van der Waals surface area contributed by atoms with Gasteiger partial charge in [-0.15, -0.1) is 26.3 Å². The molecule has 12 heteroatoms. The summed E-state index contributed by atoms with van der Waals surface area (Å²) in [5.41, 5.74) is 0. The van der Waals surface area contributed by atoms with Crippen LogP contribution in [0.5, 0.6) is 0 Å². The number of hydrogen-bond acceptors (Lipinski definition) is 12. The number of rotatable bonds is 52. The van der Waals surface area contributed by atoms with Gasteiger partial charge in [0, 0.05) is 40.3 Å². The predicted molar refractivity (Wildman–Crippen MR) is 345 cm³/mol. The van der Waals surface area contributed by atoms with Crippen molar-refractivity contribution in [1.29, 1.82) is 0 Å². The molecular weight excluding hydrogens is 1040 g/mol. The molecule has 0 aromatic carbocycles. The normalized spacial score (nSPS) is 12.2. The minimum atomic E-state index is -0.126. The highest BCUT2D eigenvalue weighted by Gasteiger charge is 2.16. The van der Waals surface area contributed by atoms with Gasteiger partial charge in [-0.25, -0.2) is 0 Å². The lowest BCUT2D eigenvalue weighted by Crippen LogP contribution is -2.11. The summed E-state index contributed by atoms with van der Waals surface area (Å²) in [7, 11) is 0. The van der Waals surface area contributed by atoms with Crippen LogP contribution in [0.3, 0.4) is 0 Å². The molecule has 0 aliphatic rings. The van der Waals surface area contributed by atoms with Crippen LogP contribution in [0.2, 0.25) is 0 Å². The van der Waals surface area contributed by atoms with Gasteiger partial charge in [-0.3, -0.25) is 19.2 Å². The van der Waals surface area contributed by atoms with Crippen LogP contribution < -0.4 is 0 Å². The van der Waals surface area contributed by atoms with Gasteiger partial charge < -0.3 is 16.7 Å². The Bertz CT molecular complexity index is 1220. The zero-order chi connectivity index (χ0) is 58.3. The third kappa shape index (κ3) is 66.7. The molecule has 0 bridgehead atoms. The molecule has 0 fully saturated rings. The summed E-state index contributed by atoms with van der Waals surface area (Å²) in [6, 6.07) is 0. The number of unbranched alkanes of at least 4 members (excludes halogenated alkanes) is 24. The second-order valence-electron chi connectivity index (χ2n) is 20.6. The third-order valence-electron chi connectivity index (χ3n) is 12.7. The summed E-state index contributed by atoms with van der Waals surface area (Å²) in [5, 5.41) is 1.50. The van der Waals surface area contributed by atoms with Crippen LogP contribution in [0.25, 0.3) is 0 Å². The first-order valence-corrected chi connectivity index (χ1v) is 34.4. The van der Waals surface area contributed by atoms with Gasteiger partial charge in [-0.2, -0.15) is 0 Å². The number of carbonyl (C=O) groups excluding carboxylic acids is 4. The molecule has 0 aliphatic carbocycles. The lowest BCUT2D eigenvalue weighted by molar-refractivity contribution is -0.136. The van der Waals surface area contributed by atoms with Crippen molar-refractivity contribution in [3.8, 4) is 0 Å². The van der Waals surface area contributed by atoms with Gasteiger partial charge in [0.1, 0.15) is 0 Å². The highest BCUT2D eigenvalue weighted by atomic mass is 32.2. The molecule has 0 aliphatic heterocycles. The van der Waals surface area contributed by atoms with Crippen molar-refractivity contribution in [2.24, 2.45) is 5.92 Å². The van der Waals surface area contributed by atoms with E-state index in [1.165, 1.54) is 228 Å². The summed E-state index contributed by atoms with van der Waals surface area (Å²) in [6.45, 7) is 33.3. The monoisotopic (exact) mass is 1160 g/mol. The van der Waals surface area contributed by atoms with Crippen molar-refractivity contribution in [2.75, 3.05) is 0 Å². The molecule has 0 saturated heterocycles. The molecule has 8 nitrogen and oxygen atoms in total. The second kappa shape index (κ2) is 68.5. The standard InChI is InChI=1S/C17H32O2S.3C16H30O2S/c1-5-7-8-9-10-11-12-14-16(13-6-2)20-19-17(18)15(3)4;3*1-4-7-8-9-10-11-12-14-15(13-5-2)19-18-16(17)6-3/h6,15-16H,2,5,7-14H2,1,3-4H3;3*5,15H,2,4,6-14H2,1,3H3. The Morgan fingerprint density at radius 2 is 0.519 bits per heavy atom. The van der Waals surface area contributed by atoms with Gasteiger partial charge in [-0.05, 0) is 51.4 Å². The quantitative estimate of drug-likeness (QED) is 0.0329. The minimum Gasteiger partial charge on any atom is -0.391 e. The van der Waals surface area contributed by atoms with Crippen molar-refractivity contribution < 1.29 is 35.9 Å². The van der Waals surface area contributed by atoms with E-state index in [4.69, 9.17) is 16.7 Å². The summed E-state index contributed by atoms with van der Waals surface area (Å²) in [5.74, 6) is -0.551. The predicted octanol–water partition coefficient (Wildman–Crippen LogP) is 22.9. The smallest absolute Gasteiger partial charge is 0.320 e. The van der Waals surface area contributed by atoms with E-state index in [0.29, 0.717) is 40.3 Å². The Balaban J connectivity index is -0.000000461. The topological polar surface area (TPSA) is 105 Å². The van der Waals surface area contributed by atoms with E-state index in [1.807, 2.05) is 58.9 Å². The average Bonchev–Trinajstić information content (AvgIpc) is 3.43. The van der Waals surface area contributed by atoms with Gasteiger partial charge in [0.25, 0.3) is 0 Å². The number of allylic oxidation sites excluding steroid dienone is 4. The first-order chi connectivity index (χ1) is 37.3. The largest absolute Gasteiger partial charge is 0.391 e. The van der Waals surface area contributed by atoms with Gasteiger partial charge in [0.15, 0.2) is 0 Å². The van der Waals surface area contributed by atoms with E-state index in [2.05, 4.69) is 54.0 Å². The molecule has 0 rings (SSSR count). The maximum absolute atomic E-state index is 11.5. The van der Waals surface area contributed by atoms with Crippen molar-refractivity contribution >= 4 is 72.0 Å². The summed E-state index contributed by atoms with van der Waals surface area (Å²) < 4.78 is 20.7. The maximum Gasteiger partial charge on any atom is 0.320 e. The molecule has 0 amide bonds. The number of hydrogen-bond donors (Lipinski definition) is 0. The van der Waals surface area contributed by atoms with Crippen LogP contribution in [0.15, 0.2) is 50.6 Å². The van der Waals surface area contributed by atoms with Crippen molar-refractivity contribution in [2.45, 2.75) is 334 Å². The maximum atomic E-state index is 11.5. The van der Waals surface area contributed by atoms with Crippen LogP contribution in [-0.4, -0.2) is 44.9 Å². The van der Waals surface area contributed by atoms with E-state index in [-0.39, 0.29) is 29.8 Å². The van der Waals surface area contributed by atoms with E-state index < -0.39 is 0 Å². The summed E-state index contributed by atoms with van der Waals surface area (Å²) in [6.07, 6.45) is 54.1. The van der Waals surface area contributed by atoms with Crippen LogP contribution in [0.4, 0.5) is 0 Å². The second-order valence-corrected chi connectivity index (χ2v) is 24.7. The van der Waals surface area contributed by atoms with Gasteiger partial charge in [0.2, 0.25) is 0 Å². The lowest BCUT2D eigenvalue weighted by atomic mass is 10.1. The number of carbonyl (C=O) groups is 4. The minimum absolute atomic E-state index is 0.0505. The molecular formula is C65H122O8S4. The molecule has 0 aromatic heterocycles. The highest BCUT2D eigenvalue weighted by molar-refractivity contribution is 7.96. The Labute approximate surface area is 495 Å². The Hall–Kier alpha value is -1.76. The molecule has 0 heterocycles. The van der Waals surface area contributed by atoms with Crippen molar-refractivity contribution in [3.05, 3.63) is 50.6 Å². The first kappa shape index (κ1) is 81.7. The van der Waals surface area contributed by atoms with E-state index in [9.17, 15) is 19.2 Å². The summed E-state index contributed by atoms with van der Waals surface area (Å²) in [4.78, 5) is 44.8. The van der Waals surface area contributed by atoms with E-state index >= 15 is 0 Å². The fourth-order valence-electron chi connectivity index (χ4n) is 7.63. The molecule has 0 aromatic rings. The first-order valence-electron chi connectivity index (χ1n) is 31.2. The third-order valence-corrected chi connectivity index (χ3v) is 16.6. The van der Waals surface area contributed by atoms with Crippen molar-refractivity contribution in [3.63, 3.8) is 0 Å². The molecule has 454 valence electrons. The Morgan fingerprint density at radius 3 is 0.701 bits per heavy atom. The zero-order valence-electron chi connectivity index (χ0n) is 51.5. The fourth-order valence-corrected chi connectivity index (χ4v) is 11.1. The van der Waals surface area contributed by atoms with Crippen LogP contribution in [0, 0.1) is 5.92 Å². The van der Waals surface area contributed by atoms with Crippen LogP contribution in [-0.2, 0) is 35.9 Å². The Kier molecular flexibility index (Phi) is 72.7. The molecule has 0 N–H and O–H groups in total. The Morgan fingerprint density at radius 1 is 0.325 bits per heavy atom. The van der Waals surface area contributed by atoms with Crippen LogP contribution >= 0.6 is 48.2 Å². The molecule has 4 atom stereocenters. The average molecular weight is 1160 g/mol. The molecule has 77 heavy (non-hydrogen) atoms. The fraction of sp³-hybridized carbons (Fsp3) is 0.815.